The fraction of sp³-hybridized carbons (Fsp3) is 0.333. The summed E-state index contributed by atoms with van der Waals surface area (Å²) in [5, 5.41) is 2.07. The van der Waals surface area contributed by atoms with Crippen LogP contribution in [-0.2, 0) is 0 Å². The number of rotatable bonds is 1. The molecular weight excluding hydrogens is 148 g/mol. The smallest absolute Gasteiger partial charge is 0.277 e. The van der Waals surface area contributed by atoms with E-state index in [1.54, 1.807) is 11.6 Å². The Labute approximate surface area is 63.9 Å². The lowest BCUT2D eigenvalue weighted by Crippen LogP contribution is -2.09. The highest BCUT2D eigenvalue weighted by molar-refractivity contribution is 7.11. The van der Waals surface area contributed by atoms with E-state index >= 15 is 0 Å². The van der Waals surface area contributed by atoms with E-state index in [4.69, 9.17) is 5.73 Å². The molecule has 0 radical (unpaired) electrons. The Morgan fingerprint density at radius 3 is 2.50 bits per heavy atom. The van der Waals surface area contributed by atoms with Gasteiger partial charge in [0.2, 0.25) is 0 Å². The van der Waals surface area contributed by atoms with Crippen molar-refractivity contribution in [1.29, 1.82) is 0 Å². The maximum atomic E-state index is 10.2. The van der Waals surface area contributed by atoms with Gasteiger partial charge in [-0.2, -0.15) is 0 Å². The van der Waals surface area contributed by atoms with Crippen LogP contribution in [-0.4, -0.2) is 10.9 Å². The molecule has 1 aromatic heterocycles. The molecule has 4 heteroatoms. The Bertz CT molecular complexity index is 184. The molecule has 0 saturated carbocycles. The number of aromatic nitrogens is 1. The molecule has 56 valence electrons. The zero-order chi connectivity index (χ0) is 7.98. The summed E-state index contributed by atoms with van der Waals surface area (Å²) in [6.45, 7) is 4.00. The van der Waals surface area contributed by atoms with Crippen molar-refractivity contribution in [1.82, 2.24) is 4.98 Å². The number of hydrogen-bond acceptors (Lipinski definition) is 3. The Morgan fingerprint density at radius 1 is 1.70 bits per heavy atom. The van der Waals surface area contributed by atoms with Crippen LogP contribution in [0.1, 0.15) is 23.6 Å². The Kier molecular flexibility index (Phi) is 4.49. The zero-order valence-electron chi connectivity index (χ0n) is 6.00. The molecule has 3 nitrogen and oxygen atoms in total. The molecule has 1 heterocycles. The van der Waals surface area contributed by atoms with Crippen LogP contribution in [0.3, 0.4) is 0 Å². The van der Waals surface area contributed by atoms with Crippen molar-refractivity contribution in [2.24, 2.45) is 5.73 Å². The zero-order valence-corrected chi connectivity index (χ0v) is 6.81. The van der Waals surface area contributed by atoms with Crippen LogP contribution in [0, 0.1) is 0 Å². The van der Waals surface area contributed by atoms with Crippen LogP contribution in [0.25, 0.3) is 0 Å². The van der Waals surface area contributed by atoms with Crippen molar-refractivity contribution in [3.8, 4) is 0 Å². The van der Waals surface area contributed by atoms with E-state index in [0.717, 1.165) is 0 Å². The predicted molar refractivity (Wildman–Crippen MR) is 42.0 cm³/mol. The molecule has 0 aliphatic carbocycles. The second-order valence-electron chi connectivity index (χ2n) is 1.20. The fourth-order valence-electron chi connectivity index (χ4n) is 0.345. The molecule has 2 N–H and O–H groups in total. The van der Waals surface area contributed by atoms with E-state index in [0.29, 0.717) is 5.01 Å². The molecule has 1 aromatic rings. The third kappa shape index (κ3) is 2.59. The van der Waals surface area contributed by atoms with Gasteiger partial charge in [0.1, 0.15) is 0 Å². The molecule has 0 aliphatic heterocycles. The van der Waals surface area contributed by atoms with E-state index in [9.17, 15) is 4.79 Å². The second kappa shape index (κ2) is 4.93. The number of amides is 1. The summed E-state index contributed by atoms with van der Waals surface area (Å²) in [6.07, 6.45) is 1.55. The Balaban J connectivity index is 0.000000371. The third-order valence-electron chi connectivity index (χ3n) is 0.643. The summed E-state index contributed by atoms with van der Waals surface area (Å²) in [4.78, 5) is 13.9. The maximum Gasteiger partial charge on any atom is 0.277 e. The molecule has 0 aliphatic rings. The summed E-state index contributed by atoms with van der Waals surface area (Å²) in [7, 11) is 0. The van der Waals surface area contributed by atoms with Gasteiger partial charge in [-0.3, -0.25) is 4.79 Å². The molecule has 0 saturated heterocycles. The monoisotopic (exact) mass is 158 g/mol. The lowest BCUT2D eigenvalue weighted by molar-refractivity contribution is 0.1000. The van der Waals surface area contributed by atoms with Gasteiger partial charge in [-0.15, -0.1) is 11.3 Å². The summed E-state index contributed by atoms with van der Waals surface area (Å²) in [6, 6.07) is 0. The third-order valence-corrected chi connectivity index (χ3v) is 1.43. The summed E-state index contributed by atoms with van der Waals surface area (Å²) in [5.74, 6) is -0.458. The van der Waals surface area contributed by atoms with E-state index in [-0.39, 0.29) is 0 Å². The molecule has 1 rings (SSSR count). The lowest BCUT2D eigenvalue weighted by atomic mass is 10.7. The SMILES string of the molecule is CC.NC(=O)c1nccs1. The average Bonchev–Trinajstić information content (AvgIpc) is 2.42. The number of thiazole rings is 1. The maximum absolute atomic E-state index is 10.2. The van der Waals surface area contributed by atoms with Crippen molar-refractivity contribution in [3.63, 3.8) is 0 Å². The molecule has 0 unspecified atom stereocenters. The molecule has 0 spiro atoms. The minimum atomic E-state index is -0.458. The first-order valence-corrected chi connectivity index (χ1v) is 3.88. The number of primary amides is 1. The molecule has 0 atom stereocenters. The second-order valence-corrected chi connectivity index (χ2v) is 2.10. The van der Waals surface area contributed by atoms with E-state index in [2.05, 4.69) is 4.98 Å². The predicted octanol–water partition coefficient (Wildman–Crippen LogP) is 1.27. The van der Waals surface area contributed by atoms with Crippen LogP contribution < -0.4 is 5.73 Å². The van der Waals surface area contributed by atoms with Crippen molar-refractivity contribution in [2.45, 2.75) is 13.8 Å². The summed E-state index contributed by atoms with van der Waals surface area (Å²) >= 11 is 1.25. The Morgan fingerprint density at radius 2 is 2.30 bits per heavy atom. The minimum absolute atomic E-state index is 0.366. The van der Waals surface area contributed by atoms with Crippen LogP contribution in [0.2, 0.25) is 0 Å². The van der Waals surface area contributed by atoms with Gasteiger partial charge in [-0.05, 0) is 0 Å². The van der Waals surface area contributed by atoms with Crippen molar-refractivity contribution in [3.05, 3.63) is 16.6 Å². The van der Waals surface area contributed by atoms with Gasteiger partial charge in [0.05, 0.1) is 0 Å². The Hall–Kier alpha value is -0.900. The van der Waals surface area contributed by atoms with Crippen molar-refractivity contribution >= 4 is 17.2 Å². The molecule has 0 fully saturated rings. The standard InChI is InChI=1S/C4H4N2OS.C2H6/c5-3(7)4-6-1-2-8-4;1-2/h1-2H,(H2,5,7);1-2H3. The fourth-order valence-corrected chi connectivity index (χ4v) is 0.834. The number of carbonyl (C=O) groups excluding carboxylic acids is 1. The molecule has 0 aromatic carbocycles. The highest BCUT2D eigenvalue weighted by Gasteiger charge is 1.98. The van der Waals surface area contributed by atoms with Crippen molar-refractivity contribution < 1.29 is 4.79 Å². The summed E-state index contributed by atoms with van der Waals surface area (Å²) < 4.78 is 0. The van der Waals surface area contributed by atoms with Gasteiger partial charge in [0.15, 0.2) is 5.01 Å². The normalized spacial score (nSPS) is 7.80. The van der Waals surface area contributed by atoms with Crippen LogP contribution in [0.4, 0.5) is 0 Å². The highest BCUT2D eigenvalue weighted by Crippen LogP contribution is 2.00. The van der Waals surface area contributed by atoms with E-state index in [1.165, 1.54) is 11.3 Å². The van der Waals surface area contributed by atoms with Crippen LogP contribution >= 0.6 is 11.3 Å². The van der Waals surface area contributed by atoms with E-state index in [1.807, 2.05) is 13.8 Å². The topological polar surface area (TPSA) is 56.0 Å². The first-order chi connectivity index (χ1) is 4.80. The number of hydrogen-bond donors (Lipinski definition) is 1. The van der Waals surface area contributed by atoms with Crippen LogP contribution in [0.5, 0.6) is 0 Å². The first kappa shape index (κ1) is 9.10. The average molecular weight is 158 g/mol. The van der Waals surface area contributed by atoms with E-state index < -0.39 is 5.91 Å². The molecule has 0 bridgehead atoms. The van der Waals surface area contributed by atoms with Gasteiger partial charge in [-0.1, -0.05) is 13.8 Å². The quantitative estimate of drug-likeness (QED) is 0.669. The number of carbonyl (C=O) groups is 1. The highest BCUT2D eigenvalue weighted by atomic mass is 32.1. The molecule has 10 heavy (non-hydrogen) atoms. The molecular formula is C6H10N2OS. The van der Waals surface area contributed by atoms with Crippen molar-refractivity contribution in [2.75, 3.05) is 0 Å². The minimum Gasteiger partial charge on any atom is -0.364 e. The largest absolute Gasteiger partial charge is 0.364 e. The van der Waals surface area contributed by atoms with Gasteiger partial charge in [-0.25, -0.2) is 4.98 Å². The van der Waals surface area contributed by atoms with Gasteiger partial charge in [0.25, 0.3) is 5.91 Å². The summed E-state index contributed by atoms with van der Waals surface area (Å²) in [5.41, 5.74) is 4.87. The van der Waals surface area contributed by atoms with Gasteiger partial charge < -0.3 is 5.73 Å². The number of nitrogens with two attached hydrogens (primary N) is 1. The number of nitrogens with zero attached hydrogens (tertiary/aromatic N) is 1. The molecule has 1 amide bonds. The van der Waals surface area contributed by atoms with Gasteiger partial charge in [0, 0.05) is 11.6 Å². The lowest BCUT2D eigenvalue weighted by Gasteiger charge is -1.78. The van der Waals surface area contributed by atoms with Crippen LogP contribution in [0.15, 0.2) is 11.6 Å². The van der Waals surface area contributed by atoms with Gasteiger partial charge >= 0.3 is 0 Å². The first-order valence-electron chi connectivity index (χ1n) is 3.00.